The lowest BCUT2D eigenvalue weighted by atomic mass is 9.99. The molecule has 0 aliphatic rings. The van der Waals surface area contributed by atoms with Crippen LogP contribution in [0, 0.1) is 11.6 Å². The molecule has 4 nitrogen and oxygen atoms in total. The fourth-order valence-electron chi connectivity index (χ4n) is 2.62. The molecule has 0 saturated heterocycles. The normalized spacial score (nSPS) is 10.5. The third-order valence-corrected chi connectivity index (χ3v) is 3.93. The van der Waals surface area contributed by atoms with Crippen molar-refractivity contribution in [3.63, 3.8) is 0 Å². The van der Waals surface area contributed by atoms with E-state index in [1.807, 2.05) is 60.7 Å². The molecule has 136 valence electrons. The molecule has 0 fully saturated rings. The van der Waals surface area contributed by atoms with Gasteiger partial charge in [0.1, 0.15) is 11.6 Å². The molecular formula is C21H16F2N2O2. The number of hydrogen-bond acceptors (Lipinski definition) is 2. The second-order valence-electron chi connectivity index (χ2n) is 5.81. The average Bonchev–Trinajstić information content (AvgIpc) is 2.69. The van der Waals surface area contributed by atoms with Gasteiger partial charge in [0.2, 0.25) is 0 Å². The van der Waals surface area contributed by atoms with E-state index >= 15 is 0 Å². The highest BCUT2D eigenvalue weighted by Crippen LogP contribution is 2.22. The molecular weight excluding hydrogens is 350 g/mol. The molecule has 3 rings (SSSR count). The van der Waals surface area contributed by atoms with Crippen molar-refractivity contribution in [1.29, 1.82) is 0 Å². The summed E-state index contributed by atoms with van der Waals surface area (Å²) >= 11 is 0. The summed E-state index contributed by atoms with van der Waals surface area (Å²) in [4.78, 5) is 24.5. The van der Waals surface area contributed by atoms with Gasteiger partial charge in [-0.3, -0.25) is 9.59 Å². The van der Waals surface area contributed by atoms with Gasteiger partial charge in [-0.15, -0.1) is 0 Å². The van der Waals surface area contributed by atoms with Crippen LogP contribution in [0.3, 0.4) is 0 Å². The Kier molecular flexibility index (Phi) is 5.56. The number of carbonyl (C=O) groups is 2. The zero-order valence-corrected chi connectivity index (χ0v) is 14.2. The van der Waals surface area contributed by atoms with Gasteiger partial charge >= 0.3 is 11.8 Å². The molecule has 6 heteroatoms. The van der Waals surface area contributed by atoms with Crippen molar-refractivity contribution in [2.24, 2.45) is 0 Å². The molecule has 0 aromatic heterocycles. The number of amides is 2. The number of halogens is 2. The summed E-state index contributed by atoms with van der Waals surface area (Å²) in [5.41, 5.74) is 1.31. The van der Waals surface area contributed by atoms with Crippen LogP contribution in [0.15, 0.2) is 78.9 Å². The Labute approximate surface area is 154 Å². The first-order chi connectivity index (χ1) is 13.0. The molecule has 0 heterocycles. The van der Waals surface area contributed by atoms with Crippen LogP contribution in [0.2, 0.25) is 0 Å². The van der Waals surface area contributed by atoms with Gasteiger partial charge < -0.3 is 10.6 Å². The number of anilines is 1. The largest absolute Gasteiger partial charge is 0.337 e. The highest BCUT2D eigenvalue weighted by Gasteiger charge is 2.22. The first-order valence-electron chi connectivity index (χ1n) is 8.21. The van der Waals surface area contributed by atoms with Crippen LogP contribution in [0.4, 0.5) is 14.5 Å². The van der Waals surface area contributed by atoms with Gasteiger partial charge in [-0.25, -0.2) is 8.78 Å². The van der Waals surface area contributed by atoms with Crippen LogP contribution >= 0.6 is 0 Å². The van der Waals surface area contributed by atoms with Crippen molar-refractivity contribution < 1.29 is 18.4 Å². The third-order valence-electron chi connectivity index (χ3n) is 3.93. The van der Waals surface area contributed by atoms with E-state index in [0.29, 0.717) is 6.07 Å². The molecule has 2 N–H and O–H groups in total. The molecule has 2 amide bonds. The van der Waals surface area contributed by atoms with E-state index in [9.17, 15) is 18.4 Å². The van der Waals surface area contributed by atoms with Gasteiger partial charge in [-0.05, 0) is 23.3 Å². The summed E-state index contributed by atoms with van der Waals surface area (Å²) in [6.07, 6.45) is 0. The molecule has 0 radical (unpaired) electrons. The maximum atomic E-state index is 13.7. The van der Waals surface area contributed by atoms with E-state index in [2.05, 4.69) is 10.6 Å². The summed E-state index contributed by atoms with van der Waals surface area (Å²) in [7, 11) is 0. The van der Waals surface area contributed by atoms with Crippen LogP contribution in [-0.4, -0.2) is 11.8 Å². The molecule has 0 saturated carbocycles. The lowest BCUT2D eigenvalue weighted by Gasteiger charge is -2.19. The van der Waals surface area contributed by atoms with Crippen LogP contribution in [0.1, 0.15) is 17.2 Å². The second-order valence-corrected chi connectivity index (χ2v) is 5.81. The zero-order valence-electron chi connectivity index (χ0n) is 14.2. The summed E-state index contributed by atoms with van der Waals surface area (Å²) in [5, 5.41) is 4.81. The van der Waals surface area contributed by atoms with E-state index in [-0.39, 0.29) is 5.69 Å². The quantitative estimate of drug-likeness (QED) is 0.690. The lowest BCUT2D eigenvalue weighted by molar-refractivity contribution is -0.136. The maximum absolute atomic E-state index is 13.7. The van der Waals surface area contributed by atoms with Crippen LogP contribution in [0.25, 0.3) is 0 Å². The minimum absolute atomic E-state index is 0.271. The zero-order chi connectivity index (χ0) is 19.2. The Morgan fingerprint density at radius 1 is 0.741 bits per heavy atom. The predicted octanol–water partition coefficient (Wildman–Crippen LogP) is 3.81. The number of carbonyl (C=O) groups excluding carboxylic acids is 2. The van der Waals surface area contributed by atoms with Gasteiger partial charge in [-0.1, -0.05) is 60.7 Å². The molecule has 0 unspecified atom stereocenters. The first-order valence-corrected chi connectivity index (χ1v) is 8.21. The second kappa shape index (κ2) is 8.23. The minimum atomic E-state index is -1.04. The minimum Gasteiger partial charge on any atom is -0.337 e. The predicted molar refractivity (Wildman–Crippen MR) is 97.9 cm³/mol. The highest BCUT2D eigenvalue weighted by atomic mass is 19.1. The summed E-state index contributed by atoms with van der Waals surface area (Å²) in [6, 6.07) is 20.4. The Hall–Kier alpha value is -3.54. The van der Waals surface area contributed by atoms with Crippen molar-refractivity contribution in [3.8, 4) is 0 Å². The van der Waals surface area contributed by atoms with E-state index in [1.165, 1.54) is 0 Å². The fourth-order valence-corrected chi connectivity index (χ4v) is 2.62. The SMILES string of the molecule is O=C(Nc1ccc(F)cc1F)C(=O)NC(c1ccccc1)c1ccccc1. The van der Waals surface area contributed by atoms with Gasteiger partial charge in [0.15, 0.2) is 0 Å². The summed E-state index contributed by atoms with van der Waals surface area (Å²) < 4.78 is 26.6. The first kappa shape index (κ1) is 18.3. The maximum Gasteiger partial charge on any atom is 0.313 e. The Bertz CT molecular complexity index is 907. The number of benzene rings is 3. The molecule has 27 heavy (non-hydrogen) atoms. The molecule has 3 aromatic carbocycles. The molecule has 0 aliphatic carbocycles. The topological polar surface area (TPSA) is 58.2 Å². The van der Waals surface area contributed by atoms with E-state index in [0.717, 1.165) is 23.3 Å². The fraction of sp³-hybridized carbons (Fsp3) is 0.0476. The smallest absolute Gasteiger partial charge is 0.313 e. The monoisotopic (exact) mass is 366 g/mol. The highest BCUT2D eigenvalue weighted by molar-refractivity contribution is 6.39. The van der Waals surface area contributed by atoms with Gasteiger partial charge in [-0.2, -0.15) is 0 Å². The van der Waals surface area contributed by atoms with Crippen molar-refractivity contribution >= 4 is 17.5 Å². The van der Waals surface area contributed by atoms with Crippen molar-refractivity contribution in [2.75, 3.05) is 5.32 Å². The Morgan fingerprint density at radius 2 is 1.30 bits per heavy atom. The van der Waals surface area contributed by atoms with Gasteiger partial charge in [0, 0.05) is 6.07 Å². The third kappa shape index (κ3) is 4.55. The van der Waals surface area contributed by atoms with Crippen molar-refractivity contribution in [2.45, 2.75) is 6.04 Å². The summed E-state index contributed by atoms with van der Waals surface area (Å²) in [6.45, 7) is 0. The number of rotatable bonds is 4. The van der Waals surface area contributed by atoms with E-state index < -0.39 is 29.5 Å². The Morgan fingerprint density at radius 3 is 1.81 bits per heavy atom. The van der Waals surface area contributed by atoms with Crippen LogP contribution in [-0.2, 0) is 9.59 Å². The number of nitrogens with one attached hydrogen (secondary N) is 2. The summed E-state index contributed by atoms with van der Waals surface area (Å²) in [5.74, 6) is -3.71. The van der Waals surface area contributed by atoms with E-state index in [1.54, 1.807) is 0 Å². The average molecular weight is 366 g/mol. The van der Waals surface area contributed by atoms with Crippen molar-refractivity contribution in [3.05, 3.63) is 102 Å². The standard InChI is InChI=1S/C21H16F2N2O2/c22-16-11-12-18(17(23)13-16)24-20(26)21(27)25-19(14-7-3-1-4-8-14)15-9-5-2-6-10-15/h1-13,19H,(H,24,26)(H,25,27). The van der Waals surface area contributed by atoms with Crippen LogP contribution < -0.4 is 10.6 Å². The van der Waals surface area contributed by atoms with Gasteiger partial charge in [0.25, 0.3) is 0 Å². The molecule has 0 spiro atoms. The van der Waals surface area contributed by atoms with Crippen molar-refractivity contribution in [1.82, 2.24) is 5.32 Å². The van der Waals surface area contributed by atoms with Gasteiger partial charge in [0.05, 0.1) is 11.7 Å². The van der Waals surface area contributed by atoms with Crippen LogP contribution in [0.5, 0.6) is 0 Å². The molecule has 0 atom stereocenters. The molecule has 3 aromatic rings. The lowest BCUT2D eigenvalue weighted by Crippen LogP contribution is -2.38. The Balaban J connectivity index is 1.79. The number of hydrogen-bond donors (Lipinski definition) is 2. The molecule has 0 bridgehead atoms. The molecule has 0 aliphatic heterocycles. The van der Waals surface area contributed by atoms with E-state index in [4.69, 9.17) is 0 Å².